The first-order chi connectivity index (χ1) is 13.1. The number of hydrogen-bond donors (Lipinski definition) is 1. The third-order valence-corrected chi connectivity index (χ3v) is 2.82. The molecule has 10 nitrogen and oxygen atoms in total. The molecule has 146 valence electrons. The number of ether oxygens (including phenoxy) is 5. The number of hydrogen-bond acceptors (Lipinski definition) is 10. The van der Waals surface area contributed by atoms with Gasteiger partial charge in [0.1, 0.15) is 5.75 Å². The van der Waals surface area contributed by atoms with Crippen molar-refractivity contribution in [3.8, 4) is 23.5 Å². The molecule has 2 aromatic rings. The van der Waals surface area contributed by atoms with Crippen LogP contribution >= 0.6 is 0 Å². The summed E-state index contributed by atoms with van der Waals surface area (Å²) in [6.45, 7) is 2.09. The largest absolute Gasteiger partial charge is 0.507 e. The van der Waals surface area contributed by atoms with Gasteiger partial charge in [0.15, 0.2) is 0 Å². The van der Waals surface area contributed by atoms with E-state index in [1.54, 1.807) is 31.2 Å². The summed E-state index contributed by atoms with van der Waals surface area (Å²) < 4.78 is 24.1. The standard InChI is InChI=1S/C13H13N3O4.C4H8O3/c1-18-11-7-12(19-2)16-13(15-11)20-10-6-4-3-5-9(10)8-14-17;1-3-7-4(5)6-2/h3-8,17H,1-2H3;3H2,1-2H3. The number of benzene rings is 1. The Morgan fingerprint density at radius 3 is 2.26 bits per heavy atom. The highest BCUT2D eigenvalue weighted by Crippen LogP contribution is 2.25. The van der Waals surface area contributed by atoms with Crippen molar-refractivity contribution < 1.29 is 33.7 Å². The molecule has 1 aromatic carbocycles. The summed E-state index contributed by atoms with van der Waals surface area (Å²) in [7, 11) is 4.24. The first kappa shape index (κ1) is 21.5. The van der Waals surface area contributed by atoms with Crippen LogP contribution in [0, 0.1) is 0 Å². The monoisotopic (exact) mass is 379 g/mol. The van der Waals surface area contributed by atoms with Gasteiger partial charge in [0.05, 0.1) is 40.2 Å². The second-order valence-corrected chi connectivity index (χ2v) is 4.51. The fourth-order valence-electron chi connectivity index (χ4n) is 1.66. The van der Waals surface area contributed by atoms with E-state index in [1.807, 2.05) is 0 Å². The molecule has 0 atom stereocenters. The number of methoxy groups -OCH3 is 3. The van der Waals surface area contributed by atoms with E-state index in [0.29, 0.717) is 29.7 Å². The van der Waals surface area contributed by atoms with Gasteiger partial charge in [-0.05, 0) is 19.1 Å². The number of nitrogens with zero attached hydrogens (tertiary/aromatic N) is 3. The normalized spacial score (nSPS) is 9.78. The number of rotatable bonds is 6. The Morgan fingerprint density at radius 1 is 1.15 bits per heavy atom. The van der Waals surface area contributed by atoms with Crippen molar-refractivity contribution in [1.82, 2.24) is 9.97 Å². The minimum Gasteiger partial charge on any atom is -0.481 e. The van der Waals surface area contributed by atoms with Crippen LogP contribution in [0.4, 0.5) is 4.79 Å². The van der Waals surface area contributed by atoms with Gasteiger partial charge in [-0.25, -0.2) is 4.79 Å². The first-order valence-corrected chi connectivity index (χ1v) is 7.70. The summed E-state index contributed by atoms with van der Waals surface area (Å²) in [4.78, 5) is 18.1. The average molecular weight is 379 g/mol. The van der Waals surface area contributed by atoms with Gasteiger partial charge in [-0.2, -0.15) is 9.97 Å². The lowest BCUT2D eigenvalue weighted by atomic mass is 10.2. The van der Waals surface area contributed by atoms with E-state index >= 15 is 0 Å². The molecule has 27 heavy (non-hydrogen) atoms. The lowest BCUT2D eigenvalue weighted by molar-refractivity contribution is 0.0771. The van der Waals surface area contributed by atoms with Crippen LogP contribution in [-0.2, 0) is 9.47 Å². The Hall–Kier alpha value is -3.56. The van der Waals surface area contributed by atoms with Gasteiger partial charge in [0, 0.05) is 5.56 Å². The first-order valence-electron chi connectivity index (χ1n) is 7.70. The topological polar surface area (TPSA) is 122 Å². The minimum atomic E-state index is -0.623. The Balaban J connectivity index is 0.000000445. The van der Waals surface area contributed by atoms with Gasteiger partial charge in [-0.1, -0.05) is 17.3 Å². The van der Waals surface area contributed by atoms with Crippen molar-refractivity contribution in [3.63, 3.8) is 0 Å². The van der Waals surface area contributed by atoms with Crippen LogP contribution in [-0.4, -0.2) is 55.5 Å². The highest BCUT2D eigenvalue weighted by molar-refractivity contribution is 5.83. The van der Waals surface area contributed by atoms with Crippen molar-refractivity contribution in [3.05, 3.63) is 35.9 Å². The van der Waals surface area contributed by atoms with E-state index in [1.165, 1.54) is 33.6 Å². The summed E-state index contributed by atoms with van der Waals surface area (Å²) in [5.74, 6) is 1.08. The molecular formula is C17H21N3O7. The molecule has 0 spiro atoms. The van der Waals surface area contributed by atoms with E-state index in [0.717, 1.165) is 0 Å². The molecule has 0 aliphatic rings. The zero-order chi connectivity index (χ0) is 20.1. The molecule has 1 heterocycles. The second-order valence-electron chi connectivity index (χ2n) is 4.51. The quantitative estimate of drug-likeness (QED) is 0.349. The Bertz CT molecular complexity index is 731. The Kier molecular flexibility index (Phi) is 9.47. The Morgan fingerprint density at radius 2 is 1.78 bits per heavy atom. The predicted molar refractivity (Wildman–Crippen MR) is 95.1 cm³/mol. The van der Waals surface area contributed by atoms with E-state index in [2.05, 4.69) is 24.6 Å². The van der Waals surface area contributed by atoms with E-state index in [9.17, 15) is 4.79 Å². The molecule has 0 unspecified atom stereocenters. The maximum Gasteiger partial charge on any atom is 0.507 e. The van der Waals surface area contributed by atoms with E-state index in [-0.39, 0.29) is 6.01 Å². The van der Waals surface area contributed by atoms with Crippen molar-refractivity contribution in [2.45, 2.75) is 6.92 Å². The SMILES string of the molecule is CCOC(=O)OC.COc1cc(OC)nc(Oc2ccccc2C=NO)n1. The van der Waals surface area contributed by atoms with Gasteiger partial charge in [0.25, 0.3) is 0 Å². The van der Waals surface area contributed by atoms with Crippen LogP contribution in [0.5, 0.6) is 23.5 Å². The van der Waals surface area contributed by atoms with Crippen LogP contribution in [0.1, 0.15) is 12.5 Å². The molecule has 0 saturated carbocycles. The van der Waals surface area contributed by atoms with Gasteiger partial charge in [0.2, 0.25) is 11.8 Å². The maximum atomic E-state index is 9.97. The Labute approximate surface area is 156 Å². The molecule has 2 rings (SSSR count). The van der Waals surface area contributed by atoms with Crippen LogP contribution < -0.4 is 14.2 Å². The average Bonchev–Trinajstić information content (AvgIpc) is 2.70. The third kappa shape index (κ3) is 7.46. The lowest BCUT2D eigenvalue weighted by Gasteiger charge is -2.08. The molecule has 0 saturated heterocycles. The molecule has 0 bridgehead atoms. The molecule has 0 radical (unpaired) electrons. The third-order valence-electron chi connectivity index (χ3n) is 2.82. The smallest absolute Gasteiger partial charge is 0.481 e. The van der Waals surface area contributed by atoms with Crippen molar-refractivity contribution in [2.75, 3.05) is 27.9 Å². The summed E-state index contributed by atoms with van der Waals surface area (Å²) in [5.41, 5.74) is 0.584. The van der Waals surface area contributed by atoms with E-state index < -0.39 is 6.16 Å². The number of aromatic nitrogens is 2. The van der Waals surface area contributed by atoms with Gasteiger partial charge >= 0.3 is 12.2 Å². The summed E-state index contributed by atoms with van der Waals surface area (Å²) in [6.07, 6.45) is 0.634. The minimum absolute atomic E-state index is 0.0694. The lowest BCUT2D eigenvalue weighted by Crippen LogP contribution is -2.02. The zero-order valence-corrected chi connectivity index (χ0v) is 15.4. The highest BCUT2D eigenvalue weighted by Gasteiger charge is 2.09. The van der Waals surface area contributed by atoms with Crippen LogP contribution in [0.15, 0.2) is 35.5 Å². The molecule has 1 N–H and O–H groups in total. The fourth-order valence-corrected chi connectivity index (χ4v) is 1.66. The van der Waals surface area contributed by atoms with Crippen LogP contribution in [0.2, 0.25) is 0 Å². The van der Waals surface area contributed by atoms with Gasteiger partial charge in [-0.15, -0.1) is 0 Å². The maximum absolute atomic E-state index is 9.97. The van der Waals surface area contributed by atoms with Gasteiger partial charge < -0.3 is 28.9 Å². The molecule has 0 aliphatic carbocycles. The number of para-hydroxylation sites is 1. The molecule has 1 aromatic heterocycles. The molecule has 0 fully saturated rings. The van der Waals surface area contributed by atoms with Crippen molar-refractivity contribution in [2.24, 2.45) is 5.16 Å². The van der Waals surface area contributed by atoms with E-state index in [4.69, 9.17) is 19.4 Å². The van der Waals surface area contributed by atoms with Crippen molar-refractivity contribution in [1.29, 1.82) is 0 Å². The summed E-state index contributed by atoms with van der Waals surface area (Å²) in [5, 5.41) is 11.6. The fraction of sp³-hybridized carbons (Fsp3) is 0.294. The number of oxime groups is 1. The number of carbonyl (C=O) groups is 1. The molecule has 0 amide bonds. The van der Waals surface area contributed by atoms with Gasteiger partial charge in [-0.3, -0.25) is 0 Å². The summed E-state index contributed by atoms with van der Waals surface area (Å²) >= 11 is 0. The number of carbonyl (C=O) groups excluding carboxylic acids is 1. The predicted octanol–water partition coefficient (Wildman–Crippen LogP) is 2.88. The zero-order valence-electron chi connectivity index (χ0n) is 15.4. The molecule has 0 aliphatic heterocycles. The van der Waals surface area contributed by atoms with Crippen LogP contribution in [0.3, 0.4) is 0 Å². The highest BCUT2D eigenvalue weighted by atomic mass is 16.7. The van der Waals surface area contributed by atoms with Crippen LogP contribution in [0.25, 0.3) is 0 Å². The molecular weight excluding hydrogens is 358 g/mol. The van der Waals surface area contributed by atoms with Crippen molar-refractivity contribution >= 4 is 12.4 Å². The molecule has 10 heteroatoms. The second kappa shape index (κ2) is 11.9. The summed E-state index contributed by atoms with van der Waals surface area (Å²) in [6, 6.07) is 8.60.